The highest BCUT2D eigenvalue weighted by Crippen LogP contribution is 2.45. The van der Waals surface area contributed by atoms with E-state index in [2.05, 4.69) is 0 Å². The van der Waals surface area contributed by atoms with E-state index in [9.17, 15) is 27.0 Å². The Bertz CT molecular complexity index is 1960. The van der Waals surface area contributed by atoms with Crippen LogP contribution >= 0.6 is 0 Å². The Morgan fingerprint density at radius 2 is 0.667 bits per heavy atom. The smallest absolute Gasteiger partial charge is 0.163 e. The zero-order valence-electron chi connectivity index (χ0n) is 34.0. The van der Waals surface area contributed by atoms with Gasteiger partial charge in [0.15, 0.2) is 25.5 Å². The first kappa shape index (κ1) is 43.2. The molecule has 0 spiro atoms. The normalized spacial score (nSPS) is 34.1. The average molecular weight is 817 g/mol. The Balaban J connectivity index is 0.000000194. The molecule has 0 radical (unpaired) electrons. The number of fused-ring (bicyclic) bond motifs is 1. The van der Waals surface area contributed by atoms with Gasteiger partial charge in [-0.05, 0) is 61.8 Å². The number of rotatable bonds is 8. The standard InChI is InChI=1S/C25H32O4S.C22H28O4S/c1-17-21(15-19-11-7-5-8-12-19)30(26,27)22(16-20-13-9-6-10-14-20)18(2)24-23(17)28-25(3,4)29-24;1-15-19(13-17-9-5-3-6-10-17)27(25,26)20(16(2)22(24)21(15)23)14-18-11-7-4-8-12-18/h5-14,17-18,21-24H,15-16H2,1-4H3;3-12,15-16,19-24H,13-14H2,1-2H3. The molecule has 8 nitrogen and oxygen atoms in total. The first-order valence-electron chi connectivity index (χ1n) is 20.3. The van der Waals surface area contributed by atoms with Crippen molar-refractivity contribution in [3.05, 3.63) is 144 Å². The predicted octanol–water partition coefficient (Wildman–Crippen LogP) is 7.06. The minimum absolute atomic E-state index is 0.162. The molecule has 3 aliphatic heterocycles. The van der Waals surface area contributed by atoms with E-state index in [4.69, 9.17) is 9.47 Å². The van der Waals surface area contributed by atoms with Crippen molar-refractivity contribution in [2.75, 3.05) is 0 Å². The van der Waals surface area contributed by atoms with Crippen LogP contribution in [0.25, 0.3) is 0 Å². The average Bonchev–Trinajstić information content (AvgIpc) is 3.51. The number of hydrogen-bond acceptors (Lipinski definition) is 8. The summed E-state index contributed by atoms with van der Waals surface area (Å²) in [4.78, 5) is 0. The van der Waals surface area contributed by atoms with Crippen LogP contribution in [-0.4, -0.2) is 78.3 Å². The van der Waals surface area contributed by atoms with Crippen LogP contribution in [0.2, 0.25) is 0 Å². The molecule has 3 aliphatic rings. The van der Waals surface area contributed by atoms with E-state index in [1.54, 1.807) is 13.8 Å². The second-order valence-corrected chi connectivity index (χ2v) is 21.9. The lowest BCUT2D eigenvalue weighted by molar-refractivity contribution is -0.153. The maximum Gasteiger partial charge on any atom is 0.163 e. The zero-order chi connectivity index (χ0) is 41.1. The van der Waals surface area contributed by atoms with Crippen LogP contribution in [-0.2, 0) is 54.8 Å². The lowest BCUT2D eigenvalue weighted by atomic mass is 9.86. The molecular formula is C47H60O8S2. The van der Waals surface area contributed by atoms with E-state index >= 15 is 0 Å². The van der Waals surface area contributed by atoms with Crippen LogP contribution in [0.3, 0.4) is 0 Å². The number of sulfone groups is 2. The summed E-state index contributed by atoms with van der Waals surface area (Å²) in [6, 6.07) is 38.8. The third kappa shape index (κ3) is 9.58. The van der Waals surface area contributed by atoms with Gasteiger partial charge >= 0.3 is 0 Å². The molecule has 0 amide bonds. The van der Waals surface area contributed by atoms with Gasteiger partial charge in [0.05, 0.1) is 45.4 Å². The maximum atomic E-state index is 14.0. The van der Waals surface area contributed by atoms with E-state index in [0.29, 0.717) is 25.7 Å². The Labute approximate surface area is 340 Å². The van der Waals surface area contributed by atoms with Gasteiger partial charge in [-0.3, -0.25) is 0 Å². The molecule has 3 fully saturated rings. The Morgan fingerprint density at radius 1 is 0.439 bits per heavy atom. The van der Waals surface area contributed by atoms with Gasteiger partial charge in [0.1, 0.15) is 0 Å². The number of hydrogen-bond donors (Lipinski definition) is 2. The molecule has 3 heterocycles. The third-order valence-corrected chi connectivity index (χ3v) is 18.5. The van der Waals surface area contributed by atoms with Crippen molar-refractivity contribution in [1.29, 1.82) is 0 Å². The molecule has 10 heteroatoms. The number of aliphatic hydroxyl groups is 2. The van der Waals surface area contributed by atoms with Crippen molar-refractivity contribution in [1.82, 2.24) is 0 Å². The SMILES string of the molecule is CC1C(O)C(O)C(C)C(Cc2ccccc2)S(=O)(=O)C1Cc1ccccc1.CC1C2OC(C)(C)OC2C(C)C(Cc2ccccc2)S(=O)(=O)C1Cc1ccccc1. The molecule has 0 bridgehead atoms. The number of benzene rings is 4. The maximum absolute atomic E-state index is 14.0. The summed E-state index contributed by atoms with van der Waals surface area (Å²) >= 11 is 0. The quantitative estimate of drug-likeness (QED) is 0.194. The van der Waals surface area contributed by atoms with Crippen molar-refractivity contribution >= 4 is 19.7 Å². The summed E-state index contributed by atoms with van der Waals surface area (Å²) in [5.74, 6) is -2.12. The van der Waals surface area contributed by atoms with Crippen LogP contribution in [0.1, 0.15) is 63.8 Å². The fourth-order valence-corrected chi connectivity index (χ4v) is 15.0. The van der Waals surface area contributed by atoms with Crippen molar-refractivity contribution in [3.63, 3.8) is 0 Å². The molecule has 4 aromatic carbocycles. The van der Waals surface area contributed by atoms with Gasteiger partial charge in [0.2, 0.25) is 0 Å². The zero-order valence-corrected chi connectivity index (χ0v) is 35.6. The van der Waals surface area contributed by atoms with E-state index in [1.165, 1.54) is 0 Å². The molecule has 0 saturated carbocycles. The van der Waals surface area contributed by atoms with E-state index in [1.807, 2.05) is 149 Å². The molecule has 12 atom stereocenters. The Kier molecular flexibility index (Phi) is 13.5. The van der Waals surface area contributed by atoms with Gasteiger partial charge in [-0.25, -0.2) is 16.8 Å². The summed E-state index contributed by atoms with van der Waals surface area (Å²) in [6.45, 7) is 11.4. The largest absolute Gasteiger partial charge is 0.390 e. The Hall–Kier alpha value is -3.38. The predicted molar refractivity (Wildman–Crippen MR) is 226 cm³/mol. The van der Waals surface area contributed by atoms with E-state index in [-0.39, 0.29) is 24.0 Å². The fraction of sp³-hybridized carbons (Fsp3) is 0.489. The first-order chi connectivity index (χ1) is 27.0. The molecule has 12 unspecified atom stereocenters. The monoisotopic (exact) mass is 816 g/mol. The highest BCUT2D eigenvalue weighted by atomic mass is 32.2. The van der Waals surface area contributed by atoms with E-state index < -0.39 is 70.5 Å². The lowest BCUT2D eigenvalue weighted by Gasteiger charge is -2.30. The summed E-state index contributed by atoms with van der Waals surface area (Å²) in [7, 11) is -7.02. The van der Waals surface area contributed by atoms with Crippen LogP contribution in [0.15, 0.2) is 121 Å². The van der Waals surface area contributed by atoms with Gasteiger partial charge in [-0.15, -0.1) is 0 Å². The number of aliphatic hydroxyl groups excluding tert-OH is 2. The minimum Gasteiger partial charge on any atom is -0.390 e. The molecule has 57 heavy (non-hydrogen) atoms. The van der Waals surface area contributed by atoms with Gasteiger partial charge in [-0.1, -0.05) is 149 Å². The van der Waals surface area contributed by atoms with Crippen molar-refractivity contribution in [3.8, 4) is 0 Å². The van der Waals surface area contributed by atoms with E-state index in [0.717, 1.165) is 22.3 Å². The highest BCUT2D eigenvalue weighted by Gasteiger charge is 2.57. The van der Waals surface area contributed by atoms with Crippen LogP contribution in [0, 0.1) is 23.7 Å². The third-order valence-electron chi connectivity index (χ3n) is 12.8. The minimum atomic E-state index is -3.58. The fourth-order valence-electron chi connectivity index (χ4n) is 9.35. The van der Waals surface area contributed by atoms with Crippen molar-refractivity contribution < 1.29 is 36.5 Å². The van der Waals surface area contributed by atoms with Crippen LogP contribution < -0.4 is 0 Å². The van der Waals surface area contributed by atoms with Crippen molar-refractivity contribution in [2.24, 2.45) is 23.7 Å². The van der Waals surface area contributed by atoms with Gasteiger partial charge in [0, 0.05) is 23.7 Å². The molecule has 0 aliphatic carbocycles. The van der Waals surface area contributed by atoms with Gasteiger partial charge < -0.3 is 19.7 Å². The van der Waals surface area contributed by atoms with Crippen LogP contribution in [0.5, 0.6) is 0 Å². The van der Waals surface area contributed by atoms with Gasteiger partial charge in [0.25, 0.3) is 0 Å². The second kappa shape index (κ2) is 17.9. The Morgan fingerprint density at radius 3 is 0.912 bits per heavy atom. The summed E-state index contributed by atoms with van der Waals surface area (Å²) in [6.07, 6.45) is -0.935. The molecule has 0 aromatic heterocycles. The highest BCUT2D eigenvalue weighted by molar-refractivity contribution is 7.93. The molecule has 7 rings (SSSR count). The summed E-state index contributed by atoms with van der Waals surface area (Å²) < 4.78 is 67.9. The van der Waals surface area contributed by atoms with Crippen molar-refractivity contribution in [2.45, 2.75) is 118 Å². The molecule has 2 N–H and O–H groups in total. The van der Waals surface area contributed by atoms with Crippen LogP contribution in [0.4, 0.5) is 0 Å². The summed E-state index contributed by atoms with van der Waals surface area (Å²) in [5.41, 5.74) is 3.93. The molecule has 4 aromatic rings. The lowest BCUT2D eigenvalue weighted by Crippen LogP contribution is -2.42. The summed E-state index contributed by atoms with van der Waals surface area (Å²) in [5, 5.41) is 18.8. The molecular weight excluding hydrogens is 757 g/mol. The topological polar surface area (TPSA) is 127 Å². The second-order valence-electron chi connectivity index (χ2n) is 17.1. The first-order valence-corrected chi connectivity index (χ1v) is 23.6. The molecule has 308 valence electrons. The molecule has 3 saturated heterocycles. The number of ether oxygens (including phenoxy) is 2. The van der Waals surface area contributed by atoms with Gasteiger partial charge in [-0.2, -0.15) is 0 Å².